The van der Waals surface area contributed by atoms with Crippen molar-refractivity contribution in [1.82, 2.24) is 0 Å². The van der Waals surface area contributed by atoms with Crippen molar-refractivity contribution in [2.45, 2.75) is 13.3 Å². The molecule has 6 nitrogen and oxygen atoms in total. The number of rotatable bonds is 7. The van der Waals surface area contributed by atoms with Gasteiger partial charge in [0.1, 0.15) is 17.2 Å². The number of hydrogen-bond acceptors (Lipinski definition) is 6. The molecule has 0 saturated heterocycles. The Morgan fingerprint density at radius 2 is 1.62 bits per heavy atom. The van der Waals surface area contributed by atoms with E-state index in [1.165, 1.54) is 0 Å². The summed E-state index contributed by atoms with van der Waals surface area (Å²) in [5.41, 5.74) is 1.13. The molecule has 0 aliphatic heterocycles. The fourth-order valence-electron chi connectivity index (χ4n) is 2.80. The minimum atomic E-state index is -0.541. The molecular formula is C23H18O6. The highest BCUT2D eigenvalue weighted by atomic mass is 16.5. The highest BCUT2D eigenvalue weighted by molar-refractivity contribution is 5.97. The summed E-state index contributed by atoms with van der Waals surface area (Å²) in [5.74, 6) is 0.126. The molecule has 0 spiro atoms. The predicted molar refractivity (Wildman–Crippen MR) is 107 cm³/mol. The van der Waals surface area contributed by atoms with Crippen LogP contribution in [0, 0.1) is 0 Å². The summed E-state index contributed by atoms with van der Waals surface area (Å²) in [6.45, 7) is 5.63. The van der Waals surface area contributed by atoms with Gasteiger partial charge in [0, 0.05) is 6.08 Å². The molecule has 0 aliphatic carbocycles. The van der Waals surface area contributed by atoms with Crippen molar-refractivity contribution in [1.29, 1.82) is 0 Å². The van der Waals surface area contributed by atoms with Gasteiger partial charge in [0.25, 0.3) is 6.47 Å². The van der Waals surface area contributed by atoms with Gasteiger partial charge in [0.05, 0.1) is 5.56 Å². The first-order valence-corrected chi connectivity index (χ1v) is 8.87. The van der Waals surface area contributed by atoms with Crippen LogP contribution in [0.1, 0.15) is 22.8 Å². The SMILES string of the molecule is C=CC(=O)Oc1ccc2cc(C(=O)Oc3ccc(OC=O)c(CC)c3)ccc2c1. The van der Waals surface area contributed by atoms with E-state index in [2.05, 4.69) is 6.58 Å². The molecule has 0 amide bonds. The highest BCUT2D eigenvalue weighted by Gasteiger charge is 2.12. The van der Waals surface area contributed by atoms with Crippen LogP contribution >= 0.6 is 0 Å². The van der Waals surface area contributed by atoms with Crippen LogP contribution in [0.3, 0.4) is 0 Å². The highest BCUT2D eigenvalue weighted by Crippen LogP contribution is 2.26. The Morgan fingerprint density at radius 1 is 0.931 bits per heavy atom. The number of carbonyl (C=O) groups is 3. The van der Waals surface area contributed by atoms with E-state index in [-0.39, 0.29) is 0 Å². The van der Waals surface area contributed by atoms with E-state index < -0.39 is 11.9 Å². The van der Waals surface area contributed by atoms with Gasteiger partial charge in [-0.15, -0.1) is 0 Å². The molecule has 0 saturated carbocycles. The number of benzene rings is 3. The zero-order valence-corrected chi connectivity index (χ0v) is 15.7. The number of hydrogen-bond donors (Lipinski definition) is 0. The first kappa shape index (κ1) is 19.8. The van der Waals surface area contributed by atoms with E-state index in [1.54, 1.807) is 54.6 Å². The lowest BCUT2D eigenvalue weighted by Crippen LogP contribution is -2.09. The maximum absolute atomic E-state index is 12.5. The fourth-order valence-corrected chi connectivity index (χ4v) is 2.80. The Morgan fingerprint density at radius 3 is 2.34 bits per heavy atom. The Bertz CT molecular complexity index is 1100. The van der Waals surface area contributed by atoms with Crippen molar-refractivity contribution in [2.75, 3.05) is 0 Å². The van der Waals surface area contributed by atoms with Crippen LogP contribution in [0.15, 0.2) is 67.3 Å². The van der Waals surface area contributed by atoms with Gasteiger partial charge in [-0.3, -0.25) is 4.79 Å². The molecule has 29 heavy (non-hydrogen) atoms. The van der Waals surface area contributed by atoms with Crippen LogP contribution < -0.4 is 14.2 Å². The summed E-state index contributed by atoms with van der Waals surface area (Å²) in [4.78, 5) is 34.4. The summed E-state index contributed by atoms with van der Waals surface area (Å²) in [6.07, 6.45) is 1.70. The average Bonchev–Trinajstić information content (AvgIpc) is 2.74. The smallest absolute Gasteiger partial charge is 0.343 e. The molecule has 0 unspecified atom stereocenters. The standard InChI is InChI=1S/C23H18O6/c1-3-15-12-20(9-10-21(15)27-14-24)29-23(26)18-6-5-17-13-19(28-22(25)4-2)8-7-16(17)11-18/h4-14H,2-3H2,1H3. The van der Waals surface area contributed by atoms with Gasteiger partial charge in [-0.1, -0.05) is 25.6 Å². The monoisotopic (exact) mass is 390 g/mol. The van der Waals surface area contributed by atoms with E-state index >= 15 is 0 Å². The lowest BCUT2D eigenvalue weighted by atomic mass is 10.1. The fraction of sp³-hybridized carbons (Fsp3) is 0.0870. The molecule has 3 aromatic carbocycles. The first-order valence-electron chi connectivity index (χ1n) is 8.87. The number of esters is 2. The summed E-state index contributed by atoms with van der Waals surface area (Å²) in [7, 11) is 0. The van der Waals surface area contributed by atoms with Crippen LogP contribution in [-0.2, 0) is 16.0 Å². The predicted octanol–water partition coefficient (Wildman–Crippen LogP) is 4.25. The van der Waals surface area contributed by atoms with Crippen molar-refractivity contribution in [3.63, 3.8) is 0 Å². The van der Waals surface area contributed by atoms with Crippen molar-refractivity contribution >= 4 is 29.2 Å². The molecule has 146 valence electrons. The second-order valence-electron chi connectivity index (χ2n) is 6.08. The molecule has 0 heterocycles. The lowest BCUT2D eigenvalue weighted by molar-refractivity contribution is -0.129. The lowest BCUT2D eigenvalue weighted by Gasteiger charge is -2.10. The van der Waals surface area contributed by atoms with E-state index in [1.807, 2.05) is 6.92 Å². The molecule has 0 N–H and O–H groups in total. The number of fused-ring (bicyclic) bond motifs is 1. The molecular weight excluding hydrogens is 372 g/mol. The second-order valence-corrected chi connectivity index (χ2v) is 6.08. The maximum Gasteiger partial charge on any atom is 0.343 e. The third kappa shape index (κ3) is 4.68. The molecule has 0 aromatic heterocycles. The molecule has 3 aromatic rings. The summed E-state index contributed by atoms with van der Waals surface area (Å²) in [6, 6.07) is 15.0. The Kier molecular flexibility index (Phi) is 6.04. The van der Waals surface area contributed by atoms with E-state index in [9.17, 15) is 14.4 Å². The molecule has 0 atom stereocenters. The number of aryl methyl sites for hydroxylation is 1. The Labute approximate surface area is 167 Å². The molecule has 3 rings (SSSR count). The van der Waals surface area contributed by atoms with Gasteiger partial charge in [-0.25, -0.2) is 9.59 Å². The molecule has 0 fully saturated rings. The van der Waals surface area contributed by atoms with Crippen molar-refractivity contribution < 1.29 is 28.6 Å². The third-order valence-corrected chi connectivity index (χ3v) is 4.23. The summed E-state index contributed by atoms with van der Waals surface area (Å²) >= 11 is 0. The topological polar surface area (TPSA) is 78.9 Å². The first-order chi connectivity index (χ1) is 14.0. The third-order valence-electron chi connectivity index (χ3n) is 4.23. The molecule has 0 bridgehead atoms. The van der Waals surface area contributed by atoms with Gasteiger partial charge in [0.2, 0.25) is 0 Å². The van der Waals surface area contributed by atoms with Gasteiger partial charge in [-0.2, -0.15) is 0 Å². The summed E-state index contributed by atoms with van der Waals surface area (Å²) in [5, 5.41) is 1.60. The van der Waals surface area contributed by atoms with Gasteiger partial charge < -0.3 is 14.2 Å². The van der Waals surface area contributed by atoms with Crippen LogP contribution in [0.5, 0.6) is 17.2 Å². The molecule has 0 aliphatic rings. The van der Waals surface area contributed by atoms with E-state index in [0.29, 0.717) is 35.7 Å². The van der Waals surface area contributed by atoms with Crippen LogP contribution in [0.25, 0.3) is 10.8 Å². The normalized spacial score (nSPS) is 10.2. The molecule has 6 heteroatoms. The minimum Gasteiger partial charge on any atom is -0.428 e. The van der Waals surface area contributed by atoms with Crippen LogP contribution in [0.4, 0.5) is 0 Å². The second kappa shape index (κ2) is 8.84. The zero-order valence-electron chi connectivity index (χ0n) is 15.7. The Balaban J connectivity index is 1.80. The summed E-state index contributed by atoms with van der Waals surface area (Å²) < 4.78 is 15.5. The minimum absolute atomic E-state index is 0.358. The molecule has 0 radical (unpaired) electrons. The maximum atomic E-state index is 12.5. The van der Waals surface area contributed by atoms with Gasteiger partial charge in [0.15, 0.2) is 0 Å². The van der Waals surface area contributed by atoms with Crippen molar-refractivity contribution in [2.24, 2.45) is 0 Å². The van der Waals surface area contributed by atoms with Crippen molar-refractivity contribution in [3.8, 4) is 17.2 Å². The van der Waals surface area contributed by atoms with Crippen molar-refractivity contribution in [3.05, 3.63) is 78.4 Å². The quantitative estimate of drug-likeness (QED) is 0.260. The largest absolute Gasteiger partial charge is 0.428 e. The van der Waals surface area contributed by atoms with E-state index in [4.69, 9.17) is 14.2 Å². The number of ether oxygens (including phenoxy) is 3. The van der Waals surface area contributed by atoms with Crippen LogP contribution in [0.2, 0.25) is 0 Å². The van der Waals surface area contributed by atoms with Gasteiger partial charge in [-0.05, 0) is 65.2 Å². The Hall–Kier alpha value is -3.93. The average molecular weight is 390 g/mol. The number of carbonyl (C=O) groups excluding carboxylic acids is 3. The zero-order chi connectivity index (χ0) is 20.8. The van der Waals surface area contributed by atoms with Gasteiger partial charge >= 0.3 is 11.9 Å². The van der Waals surface area contributed by atoms with Crippen LogP contribution in [-0.4, -0.2) is 18.4 Å². The van der Waals surface area contributed by atoms with E-state index in [0.717, 1.165) is 22.4 Å².